The molecular formula is C26H25N2O2+. The van der Waals surface area contributed by atoms with E-state index in [4.69, 9.17) is 4.42 Å². The first-order valence-electron chi connectivity index (χ1n) is 10.5. The van der Waals surface area contributed by atoms with Gasteiger partial charge in [-0.2, -0.15) is 0 Å². The van der Waals surface area contributed by atoms with Crippen molar-refractivity contribution in [1.82, 2.24) is 5.32 Å². The Balaban J connectivity index is 1.34. The Morgan fingerprint density at radius 1 is 0.933 bits per heavy atom. The predicted molar refractivity (Wildman–Crippen MR) is 117 cm³/mol. The van der Waals surface area contributed by atoms with E-state index in [9.17, 15) is 4.79 Å². The number of rotatable bonds is 5. The van der Waals surface area contributed by atoms with Gasteiger partial charge in [0.2, 0.25) is 0 Å². The number of carbonyl (C=O) groups is 1. The molecule has 0 radical (unpaired) electrons. The van der Waals surface area contributed by atoms with Crippen LogP contribution in [0.4, 0.5) is 0 Å². The topological polar surface area (TPSA) is 46.7 Å². The van der Waals surface area contributed by atoms with Crippen molar-refractivity contribution in [2.75, 3.05) is 13.1 Å². The minimum atomic E-state index is -0.0471. The van der Waals surface area contributed by atoms with Crippen molar-refractivity contribution in [1.29, 1.82) is 0 Å². The fourth-order valence-corrected chi connectivity index (χ4v) is 4.46. The van der Waals surface area contributed by atoms with Gasteiger partial charge in [0, 0.05) is 17.5 Å². The smallest absolute Gasteiger partial charge is 0.251 e. The third kappa shape index (κ3) is 3.74. The second-order valence-corrected chi connectivity index (χ2v) is 7.94. The molecule has 0 spiro atoms. The van der Waals surface area contributed by atoms with Gasteiger partial charge in [-0.1, -0.05) is 54.6 Å². The first-order valence-corrected chi connectivity index (χ1v) is 10.5. The van der Waals surface area contributed by atoms with E-state index in [1.54, 1.807) is 6.26 Å². The standard InChI is InChI=1S/C26H24N2O2/c29-26(22-12-11-19-6-1-3-8-21(19)16-22)27-17-24(25-10-5-15-30-25)28-14-13-20-7-2-4-9-23(20)18-28/h1-12,15-16,24H,13-14,17-18H2,(H,27,29)/p+1/t24-/m0/s1. The van der Waals surface area contributed by atoms with Crippen LogP contribution < -0.4 is 10.2 Å². The molecule has 2 atom stereocenters. The number of hydrogen-bond donors (Lipinski definition) is 2. The summed E-state index contributed by atoms with van der Waals surface area (Å²) in [6.45, 7) is 2.50. The van der Waals surface area contributed by atoms with Crippen molar-refractivity contribution in [2.24, 2.45) is 0 Å². The highest BCUT2D eigenvalue weighted by atomic mass is 16.3. The van der Waals surface area contributed by atoms with Gasteiger partial charge in [-0.05, 0) is 40.6 Å². The van der Waals surface area contributed by atoms with Crippen molar-refractivity contribution in [3.05, 3.63) is 108 Å². The van der Waals surface area contributed by atoms with Gasteiger partial charge in [-0.15, -0.1) is 0 Å². The highest BCUT2D eigenvalue weighted by molar-refractivity contribution is 5.98. The highest BCUT2D eigenvalue weighted by Crippen LogP contribution is 2.17. The molecule has 1 unspecified atom stereocenters. The Morgan fingerprint density at radius 2 is 1.73 bits per heavy atom. The number of amides is 1. The summed E-state index contributed by atoms with van der Waals surface area (Å²) in [5.74, 6) is 0.873. The number of quaternary nitrogens is 1. The molecule has 5 rings (SSSR count). The molecule has 1 aromatic heterocycles. The Bertz CT molecular complexity index is 1170. The lowest BCUT2D eigenvalue weighted by Crippen LogP contribution is -3.12. The summed E-state index contributed by atoms with van der Waals surface area (Å²) in [6, 6.07) is 26.6. The lowest BCUT2D eigenvalue weighted by Gasteiger charge is -2.31. The minimum Gasteiger partial charge on any atom is -0.463 e. The maximum Gasteiger partial charge on any atom is 0.251 e. The van der Waals surface area contributed by atoms with E-state index in [0.29, 0.717) is 12.1 Å². The van der Waals surface area contributed by atoms with Crippen LogP contribution in [0.5, 0.6) is 0 Å². The van der Waals surface area contributed by atoms with Crippen LogP contribution in [0.15, 0.2) is 89.5 Å². The molecule has 3 aromatic carbocycles. The van der Waals surface area contributed by atoms with E-state index < -0.39 is 0 Å². The molecule has 4 heteroatoms. The van der Waals surface area contributed by atoms with Crippen LogP contribution in [-0.4, -0.2) is 19.0 Å². The summed E-state index contributed by atoms with van der Waals surface area (Å²) in [5.41, 5.74) is 3.50. The zero-order valence-electron chi connectivity index (χ0n) is 16.8. The first-order chi connectivity index (χ1) is 14.8. The summed E-state index contributed by atoms with van der Waals surface area (Å²) in [4.78, 5) is 14.3. The molecule has 30 heavy (non-hydrogen) atoms. The quantitative estimate of drug-likeness (QED) is 0.541. The van der Waals surface area contributed by atoms with Gasteiger partial charge in [0.05, 0.1) is 19.4 Å². The van der Waals surface area contributed by atoms with Crippen molar-refractivity contribution in [3.8, 4) is 0 Å². The van der Waals surface area contributed by atoms with Crippen LogP contribution in [0.2, 0.25) is 0 Å². The molecule has 0 saturated heterocycles. The molecule has 4 nitrogen and oxygen atoms in total. The van der Waals surface area contributed by atoms with E-state index in [1.807, 2.05) is 48.5 Å². The molecule has 0 aliphatic carbocycles. The van der Waals surface area contributed by atoms with Gasteiger partial charge in [0.1, 0.15) is 6.54 Å². The number of furan rings is 1. The molecule has 0 saturated carbocycles. The molecule has 1 amide bonds. The molecule has 2 heterocycles. The summed E-state index contributed by atoms with van der Waals surface area (Å²) in [6.07, 6.45) is 2.76. The zero-order valence-corrected chi connectivity index (χ0v) is 16.8. The van der Waals surface area contributed by atoms with E-state index in [2.05, 4.69) is 35.6 Å². The summed E-state index contributed by atoms with van der Waals surface area (Å²) in [5, 5.41) is 5.37. The molecule has 1 aliphatic heterocycles. The second-order valence-electron chi connectivity index (χ2n) is 7.94. The fourth-order valence-electron chi connectivity index (χ4n) is 4.46. The van der Waals surface area contributed by atoms with E-state index >= 15 is 0 Å². The average molecular weight is 397 g/mol. The monoisotopic (exact) mass is 397 g/mol. The van der Waals surface area contributed by atoms with Gasteiger partial charge in [0.25, 0.3) is 5.91 Å². The van der Waals surface area contributed by atoms with Crippen LogP contribution in [0.1, 0.15) is 33.3 Å². The van der Waals surface area contributed by atoms with Crippen LogP contribution in [0.25, 0.3) is 10.8 Å². The molecule has 0 bridgehead atoms. The van der Waals surface area contributed by atoms with E-state index in [-0.39, 0.29) is 11.9 Å². The van der Waals surface area contributed by atoms with Crippen molar-refractivity contribution < 1.29 is 14.1 Å². The SMILES string of the molecule is O=C(NC[C@@H](c1ccco1)[NH+]1CCc2ccccc2C1)c1ccc2ccccc2c1. The largest absolute Gasteiger partial charge is 0.463 e. The molecular weight excluding hydrogens is 372 g/mol. The molecule has 4 aromatic rings. The normalized spacial score (nSPS) is 16.7. The number of carbonyl (C=O) groups excluding carboxylic acids is 1. The zero-order chi connectivity index (χ0) is 20.3. The average Bonchev–Trinajstić information content (AvgIpc) is 3.33. The molecule has 0 fully saturated rings. The maximum absolute atomic E-state index is 12.9. The van der Waals surface area contributed by atoms with Gasteiger partial charge in [-0.3, -0.25) is 4.79 Å². The predicted octanol–water partition coefficient (Wildman–Crippen LogP) is 3.55. The second kappa shape index (κ2) is 8.17. The van der Waals surface area contributed by atoms with Crippen LogP contribution in [0, 0.1) is 0 Å². The van der Waals surface area contributed by atoms with Gasteiger partial charge >= 0.3 is 0 Å². The van der Waals surface area contributed by atoms with E-state index in [1.165, 1.54) is 16.0 Å². The molecule has 150 valence electrons. The summed E-state index contributed by atoms with van der Waals surface area (Å²) >= 11 is 0. The number of fused-ring (bicyclic) bond motifs is 2. The van der Waals surface area contributed by atoms with Gasteiger partial charge in [-0.25, -0.2) is 0 Å². The summed E-state index contributed by atoms with van der Waals surface area (Å²) in [7, 11) is 0. The Morgan fingerprint density at radius 3 is 2.57 bits per heavy atom. The summed E-state index contributed by atoms with van der Waals surface area (Å²) < 4.78 is 5.76. The van der Waals surface area contributed by atoms with Crippen LogP contribution in [-0.2, 0) is 13.0 Å². The van der Waals surface area contributed by atoms with Gasteiger partial charge < -0.3 is 14.6 Å². The Hall–Kier alpha value is -3.37. The highest BCUT2D eigenvalue weighted by Gasteiger charge is 2.30. The fraction of sp³-hybridized carbons (Fsp3) is 0.192. The van der Waals surface area contributed by atoms with Crippen molar-refractivity contribution in [2.45, 2.75) is 19.0 Å². The minimum absolute atomic E-state index is 0.0471. The Kier molecular flexibility index (Phi) is 5.08. The van der Waals surface area contributed by atoms with Crippen molar-refractivity contribution >= 4 is 16.7 Å². The van der Waals surface area contributed by atoms with E-state index in [0.717, 1.165) is 36.0 Å². The lowest BCUT2D eigenvalue weighted by molar-refractivity contribution is -0.946. The number of benzene rings is 3. The third-order valence-corrected chi connectivity index (χ3v) is 6.11. The van der Waals surface area contributed by atoms with Crippen LogP contribution >= 0.6 is 0 Å². The van der Waals surface area contributed by atoms with Gasteiger partial charge in [0.15, 0.2) is 11.8 Å². The number of hydrogen-bond acceptors (Lipinski definition) is 2. The Labute approximate surface area is 176 Å². The van der Waals surface area contributed by atoms with Crippen molar-refractivity contribution in [3.63, 3.8) is 0 Å². The molecule has 2 N–H and O–H groups in total. The lowest BCUT2D eigenvalue weighted by atomic mass is 9.98. The van der Waals surface area contributed by atoms with Crippen LogP contribution in [0.3, 0.4) is 0 Å². The maximum atomic E-state index is 12.9. The first kappa shape index (κ1) is 18.6. The number of nitrogens with one attached hydrogen (secondary N) is 2. The molecule has 1 aliphatic rings. The third-order valence-electron chi connectivity index (χ3n) is 6.11.